The number of aromatic nitrogens is 3. The first-order valence-corrected chi connectivity index (χ1v) is 17.8. The van der Waals surface area contributed by atoms with Crippen molar-refractivity contribution < 1.29 is 0 Å². The topological polar surface area (TPSA) is 86.9 Å². The largest absolute Gasteiger partial charge is 0.365 e. The summed E-state index contributed by atoms with van der Waals surface area (Å²) in [6.45, 7) is 0.576. The van der Waals surface area contributed by atoms with Crippen molar-refractivity contribution in [2.75, 3.05) is 0 Å². The highest BCUT2D eigenvalue weighted by Crippen LogP contribution is 2.48. The van der Waals surface area contributed by atoms with Crippen LogP contribution in [0, 0.1) is 5.41 Å². The van der Waals surface area contributed by atoms with Gasteiger partial charge < -0.3 is 5.32 Å². The molecule has 6 aromatic carbocycles. The summed E-state index contributed by atoms with van der Waals surface area (Å²) < 4.78 is 0. The van der Waals surface area contributed by atoms with Gasteiger partial charge >= 0.3 is 0 Å². The second-order valence-corrected chi connectivity index (χ2v) is 13.7. The van der Waals surface area contributed by atoms with E-state index in [0.29, 0.717) is 35.4 Å². The molecule has 240 valence electrons. The zero-order chi connectivity index (χ0) is 33.7. The van der Waals surface area contributed by atoms with E-state index in [1.165, 1.54) is 19.6 Å². The lowest BCUT2D eigenvalue weighted by Crippen LogP contribution is -2.25. The molecule has 1 aliphatic rings. The Labute approximate surface area is 299 Å². The summed E-state index contributed by atoms with van der Waals surface area (Å²) in [5, 5.41) is 12.5. The Bertz CT molecular complexity index is 2270. The third kappa shape index (κ3) is 6.98. The van der Waals surface area contributed by atoms with Crippen LogP contribution in [0.1, 0.15) is 16.7 Å². The van der Waals surface area contributed by atoms with Crippen LogP contribution in [0.4, 0.5) is 0 Å². The van der Waals surface area contributed by atoms with E-state index in [4.69, 9.17) is 25.4 Å². The molecule has 0 spiro atoms. The smallest absolute Gasteiger partial charge is 0.164 e. The molecule has 0 amide bonds. The van der Waals surface area contributed by atoms with Crippen molar-refractivity contribution in [2.45, 2.75) is 26.1 Å². The van der Waals surface area contributed by atoms with Crippen LogP contribution in [0.5, 0.6) is 0 Å². The van der Waals surface area contributed by atoms with E-state index in [9.17, 15) is 0 Å². The van der Waals surface area contributed by atoms with E-state index >= 15 is 0 Å². The van der Waals surface area contributed by atoms with Crippen molar-refractivity contribution in [1.82, 2.24) is 20.3 Å². The number of fused-ring (bicyclic) bond motifs is 2. The maximum Gasteiger partial charge on any atom is 0.164 e. The fourth-order valence-electron chi connectivity index (χ4n) is 5.56. The molecule has 2 heterocycles. The Hall–Kier alpha value is -5.83. The van der Waals surface area contributed by atoms with Crippen LogP contribution in [0.25, 0.3) is 34.2 Å². The minimum atomic E-state index is 0.155. The number of aliphatic imine (C=N–C) groups is 1. The van der Waals surface area contributed by atoms with E-state index in [0.717, 1.165) is 27.8 Å². The van der Waals surface area contributed by atoms with Crippen molar-refractivity contribution in [2.24, 2.45) is 4.99 Å². The van der Waals surface area contributed by atoms with E-state index in [1.54, 1.807) is 0 Å². The monoisotopic (exact) mass is 682 g/mol. The van der Waals surface area contributed by atoms with Gasteiger partial charge in [-0.1, -0.05) is 157 Å². The van der Waals surface area contributed by atoms with Gasteiger partial charge in [-0.25, -0.2) is 19.9 Å². The maximum atomic E-state index is 8.98. The fraction of sp³-hybridized carbons (Fsp3) is 0.0238. The molecule has 0 unspecified atom stereocenters. The molecule has 8 heteroatoms. The molecule has 6 nitrogen and oxygen atoms in total. The first-order chi connectivity index (χ1) is 24.7. The van der Waals surface area contributed by atoms with Gasteiger partial charge in [0.05, 0.1) is 0 Å². The first-order valence-electron chi connectivity index (χ1n) is 16.2. The van der Waals surface area contributed by atoms with Crippen molar-refractivity contribution in [3.05, 3.63) is 174 Å². The Morgan fingerprint density at radius 2 is 0.980 bits per heavy atom. The maximum absolute atomic E-state index is 8.98. The number of hydrogen-bond donors (Lipinski definition) is 2. The summed E-state index contributed by atoms with van der Waals surface area (Å²) in [5.41, 5.74) is 5.41. The highest BCUT2D eigenvalue weighted by molar-refractivity contribution is 8.05. The van der Waals surface area contributed by atoms with Gasteiger partial charge in [-0.15, -0.1) is 0 Å². The molecule has 2 N–H and O–H groups in total. The average molecular weight is 683 g/mol. The van der Waals surface area contributed by atoms with Crippen LogP contribution in [0.3, 0.4) is 0 Å². The summed E-state index contributed by atoms with van der Waals surface area (Å²) in [6.07, 6.45) is 0. The molecule has 0 radical (unpaired) electrons. The molecule has 0 saturated carbocycles. The summed E-state index contributed by atoms with van der Waals surface area (Å²) in [7, 11) is 0. The lowest BCUT2D eigenvalue weighted by atomic mass is 10.1. The number of nitrogens with zero attached hydrogens (tertiary/aromatic N) is 4. The standard InChI is InChI=1S/C42H30N6S2/c43-38(29-21-23-33(24-22-29)42-47-40(31-14-6-2-7-15-31)46-41(48-42)32-16-8-3-9-17-32)45-39(30-12-4-1-5-13-30)44-27-28-20-25-36-37(26-28)50-35-19-11-10-18-34(35)49-36/h1-26H,27H2,(H2,43,44,45). The molecular weight excluding hydrogens is 653 g/mol. The minimum Gasteiger partial charge on any atom is -0.365 e. The minimum absolute atomic E-state index is 0.155. The third-order valence-corrected chi connectivity index (χ3v) is 10.7. The van der Waals surface area contributed by atoms with Gasteiger partial charge in [-0.05, 0) is 29.8 Å². The second kappa shape index (κ2) is 14.3. The summed E-state index contributed by atoms with van der Waals surface area (Å²) in [6, 6.07) is 52.6. The van der Waals surface area contributed by atoms with E-state index < -0.39 is 0 Å². The van der Waals surface area contributed by atoms with Gasteiger partial charge in [0.25, 0.3) is 0 Å². The quantitative estimate of drug-likeness (QED) is 0.129. The molecule has 0 aliphatic carbocycles. The van der Waals surface area contributed by atoms with Crippen LogP contribution < -0.4 is 5.32 Å². The van der Waals surface area contributed by atoms with Gasteiger partial charge in [0.1, 0.15) is 5.84 Å². The Morgan fingerprint density at radius 3 is 1.56 bits per heavy atom. The fourth-order valence-corrected chi connectivity index (χ4v) is 7.84. The van der Waals surface area contributed by atoms with Gasteiger partial charge in [-0.2, -0.15) is 0 Å². The highest BCUT2D eigenvalue weighted by Gasteiger charge is 2.17. The van der Waals surface area contributed by atoms with Crippen molar-refractivity contribution in [1.29, 1.82) is 5.41 Å². The normalized spacial score (nSPS) is 12.1. The Balaban J connectivity index is 1.05. The van der Waals surface area contributed by atoms with Gasteiger partial charge in [0.15, 0.2) is 23.3 Å². The van der Waals surface area contributed by atoms with Crippen molar-refractivity contribution in [3.8, 4) is 34.2 Å². The lowest BCUT2D eigenvalue weighted by Gasteiger charge is -2.19. The zero-order valence-corrected chi connectivity index (χ0v) is 28.5. The van der Waals surface area contributed by atoms with E-state index in [2.05, 4.69) is 47.8 Å². The number of hydrogen-bond acceptors (Lipinski definition) is 6. The zero-order valence-electron chi connectivity index (χ0n) is 26.8. The van der Waals surface area contributed by atoms with Crippen molar-refractivity contribution in [3.63, 3.8) is 0 Å². The van der Waals surface area contributed by atoms with Crippen LogP contribution in [-0.2, 0) is 6.54 Å². The predicted octanol–water partition coefficient (Wildman–Crippen LogP) is 10.1. The van der Waals surface area contributed by atoms with Crippen LogP contribution in [0.2, 0.25) is 0 Å². The number of amidine groups is 2. The van der Waals surface area contributed by atoms with Gasteiger partial charge in [-0.3, -0.25) is 5.41 Å². The second-order valence-electron chi connectivity index (χ2n) is 11.6. The number of rotatable bonds is 7. The molecule has 8 rings (SSSR count). The molecule has 1 aromatic heterocycles. The molecule has 50 heavy (non-hydrogen) atoms. The molecule has 0 bridgehead atoms. The molecule has 0 atom stereocenters. The van der Waals surface area contributed by atoms with E-state index in [-0.39, 0.29) is 5.84 Å². The van der Waals surface area contributed by atoms with Crippen LogP contribution in [0.15, 0.2) is 182 Å². The van der Waals surface area contributed by atoms with Crippen molar-refractivity contribution >= 4 is 35.2 Å². The highest BCUT2D eigenvalue weighted by atomic mass is 32.2. The number of benzene rings is 6. The predicted molar refractivity (Wildman–Crippen MR) is 204 cm³/mol. The molecule has 0 fully saturated rings. The summed E-state index contributed by atoms with van der Waals surface area (Å²) in [5.74, 6) is 2.58. The van der Waals surface area contributed by atoms with Gasteiger partial charge in [0.2, 0.25) is 0 Å². The molecule has 0 saturated heterocycles. The van der Waals surface area contributed by atoms with Crippen LogP contribution >= 0.6 is 23.5 Å². The van der Waals surface area contributed by atoms with Gasteiger partial charge in [0, 0.05) is 53.9 Å². The summed E-state index contributed by atoms with van der Waals surface area (Å²) in [4.78, 5) is 24.4. The lowest BCUT2D eigenvalue weighted by molar-refractivity contribution is 0.905. The Morgan fingerprint density at radius 1 is 0.500 bits per heavy atom. The number of nitrogens with one attached hydrogen (secondary N) is 2. The van der Waals surface area contributed by atoms with Crippen LogP contribution in [-0.4, -0.2) is 26.6 Å². The SMILES string of the molecule is N=C(/N=C(\NCc1ccc2c(c1)Sc1ccccc1S2)c1ccccc1)c1ccc(-c2nc(-c3ccccc3)nc(-c3ccccc3)n2)cc1. The first kappa shape index (κ1) is 31.4. The average Bonchev–Trinajstić information content (AvgIpc) is 3.19. The molecule has 7 aromatic rings. The van der Waals surface area contributed by atoms with E-state index in [1.807, 2.05) is 139 Å². The third-order valence-electron chi connectivity index (χ3n) is 8.14. The molecule has 1 aliphatic heterocycles. The molecular formula is C42H30N6S2. The summed E-state index contributed by atoms with van der Waals surface area (Å²) >= 11 is 3.62. The Kier molecular flexibility index (Phi) is 9.02.